The molecule has 0 spiro atoms. The molecule has 1 atom stereocenters. The van der Waals surface area contributed by atoms with E-state index in [-0.39, 0.29) is 6.10 Å². The second kappa shape index (κ2) is 10.5. The van der Waals surface area contributed by atoms with Crippen LogP contribution in [0, 0.1) is 0 Å². The molecule has 1 saturated heterocycles. The summed E-state index contributed by atoms with van der Waals surface area (Å²) in [7, 11) is 0. The molecule has 2 rings (SSSR count). The molecule has 0 aliphatic carbocycles. The Morgan fingerprint density at radius 2 is 1.83 bits per heavy atom. The molecule has 0 aromatic heterocycles. The van der Waals surface area contributed by atoms with Gasteiger partial charge in [0, 0.05) is 19.6 Å². The van der Waals surface area contributed by atoms with Gasteiger partial charge in [-0.2, -0.15) is 0 Å². The van der Waals surface area contributed by atoms with Crippen LogP contribution in [-0.2, 0) is 9.47 Å². The minimum absolute atomic E-state index is 0.185. The van der Waals surface area contributed by atoms with E-state index in [1.165, 1.54) is 0 Å². The van der Waals surface area contributed by atoms with E-state index >= 15 is 0 Å². The van der Waals surface area contributed by atoms with Gasteiger partial charge >= 0.3 is 0 Å². The van der Waals surface area contributed by atoms with Crippen LogP contribution in [0.5, 0.6) is 11.5 Å². The van der Waals surface area contributed by atoms with E-state index in [1.807, 2.05) is 24.3 Å². The number of rotatable bonds is 10. The number of para-hydroxylation sites is 2. The summed E-state index contributed by atoms with van der Waals surface area (Å²) in [6.07, 6.45) is 1.16. The Morgan fingerprint density at radius 1 is 1.09 bits per heavy atom. The number of ether oxygens (including phenoxy) is 4. The van der Waals surface area contributed by atoms with Crippen LogP contribution in [0.2, 0.25) is 0 Å². The lowest BCUT2D eigenvalue weighted by Crippen LogP contribution is -2.38. The zero-order valence-corrected chi connectivity index (χ0v) is 14.3. The first-order valence-corrected chi connectivity index (χ1v) is 8.56. The van der Waals surface area contributed by atoms with Gasteiger partial charge in [0.25, 0.3) is 0 Å². The molecular weight excluding hydrogens is 294 g/mol. The summed E-state index contributed by atoms with van der Waals surface area (Å²) < 4.78 is 22.6. The molecule has 0 amide bonds. The average Bonchev–Trinajstić information content (AvgIpc) is 2.60. The van der Waals surface area contributed by atoms with E-state index < -0.39 is 0 Å². The summed E-state index contributed by atoms with van der Waals surface area (Å²) >= 11 is 0. The van der Waals surface area contributed by atoms with Gasteiger partial charge < -0.3 is 18.9 Å². The molecule has 0 saturated carbocycles. The summed E-state index contributed by atoms with van der Waals surface area (Å²) in [6.45, 7) is 10.6. The Kier molecular flexibility index (Phi) is 8.21. The van der Waals surface area contributed by atoms with Gasteiger partial charge in [-0.15, -0.1) is 0 Å². The zero-order valence-electron chi connectivity index (χ0n) is 14.3. The lowest BCUT2D eigenvalue weighted by molar-refractivity contribution is 0.0169. The smallest absolute Gasteiger partial charge is 0.161 e. The molecular formula is C18H29NO4. The summed E-state index contributed by atoms with van der Waals surface area (Å²) in [5.41, 5.74) is 0. The second-order valence-electron chi connectivity index (χ2n) is 5.70. The minimum atomic E-state index is 0.185. The van der Waals surface area contributed by atoms with Gasteiger partial charge in [-0.25, -0.2) is 0 Å². The largest absolute Gasteiger partial charge is 0.487 e. The van der Waals surface area contributed by atoms with Gasteiger partial charge in [0.1, 0.15) is 6.61 Å². The Labute approximate surface area is 139 Å². The van der Waals surface area contributed by atoms with Gasteiger partial charge in [0.2, 0.25) is 0 Å². The molecule has 23 heavy (non-hydrogen) atoms. The predicted octanol–water partition coefficient (Wildman–Crippen LogP) is 2.59. The van der Waals surface area contributed by atoms with Crippen molar-refractivity contribution in [2.75, 3.05) is 52.7 Å². The third kappa shape index (κ3) is 6.77. The van der Waals surface area contributed by atoms with E-state index in [9.17, 15) is 0 Å². The molecule has 1 aromatic carbocycles. The lowest BCUT2D eigenvalue weighted by Gasteiger charge is -2.26. The van der Waals surface area contributed by atoms with Crippen LogP contribution >= 0.6 is 0 Å². The van der Waals surface area contributed by atoms with Crippen LogP contribution in [0.1, 0.15) is 20.3 Å². The number of nitrogens with zero attached hydrogens (tertiary/aromatic N) is 1. The molecule has 5 nitrogen and oxygen atoms in total. The van der Waals surface area contributed by atoms with Crippen molar-refractivity contribution in [3.05, 3.63) is 24.3 Å². The molecule has 1 aliphatic heterocycles. The SMILES string of the molecule is CC[C@@H](C)Oc1ccccc1OCCOCCN1CCOCC1. The average molecular weight is 323 g/mol. The number of benzene rings is 1. The van der Waals surface area contributed by atoms with Crippen LogP contribution in [0.15, 0.2) is 24.3 Å². The van der Waals surface area contributed by atoms with Crippen molar-refractivity contribution in [1.29, 1.82) is 0 Å². The van der Waals surface area contributed by atoms with E-state index in [2.05, 4.69) is 18.7 Å². The van der Waals surface area contributed by atoms with E-state index in [0.717, 1.165) is 57.4 Å². The first-order chi connectivity index (χ1) is 11.3. The molecule has 0 radical (unpaired) electrons. The van der Waals surface area contributed by atoms with Gasteiger partial charge in [-0.05, 0) is 25.5 Å². The molecule has 5 heteroatoms. The zero-order chi connectivity index (χ0) is 16.3. The van der Waals surface area contributed by atoms with Crippen molar-refractivity contribution in [2.45, 2.75) is 26.4 Å². The highest BCUT2D eigenvalue weighted by atomic mass is 16.5. The van der Waals surface area contributed by atoms with E-state index in [1.54, 1.807) is 0 Å². The van der Waals surface area contributed by atoms with Gasteiger partial charge in [-0.3, -0.25) is 4.90 Å². The topological polar surface area (TPSA) is 40.2 Å². The molecule has 1 aromatic rings. The standard InChI is InChI=1S/C18H29NO4/c1-3-16(2)23-18-7-5-4-6-17(18)22-15-14-21-13-10-19-8-11-20-12-9-19/h4-7,16H,3,8-15H2,1-2H3/t16-/m1/s1. The summed E-state index contributed by atoms with van der Waals surface area (Å²) in [4.78, 5) is 2.36. The Morgan fingerprint density at radius 3 is 2.57 bits per heavy atom. The maximum absolute atomic E-state index is 5.87. The third-order valence-electron chi connectivity index (χ3n) is 3.89. The quantitative estimate of drug-likeness (QED) is 0.619. The monoisotopic (exact) mass is 323 g/mol. The van der Waals surface area contributed by atoms with Crippen molar-refractivity contribution >= 4 is 0 Å². The van der Waals surface area contributed by atoms with E-state index in [0.29, 0.717) is 13.2 Å². The van der Waals surface area contributed by atoms with Crippen molar-refractivity contribution < 1.29 is 18.9 Å². The van der Waals surface area contributed by atoms with Crippen LogP contribution in [0.3, 0.4) is 0 Å². The van der Waals surface area contributed by atoms with Gasteiger partial charge in [-0.1, -0.05) is 19.1 Å². The lowest BCUT2D eigenvalue weighted by atomic mass is 10.3. The molecule has 1 heterocycles. The fraction of sp³-hybridized carbons (Fsp3) is 0.667. The molecule has 0 N–H and O–H groups in total. The normalized spacial score (nSPS) is 17.0. The summed E-state index contributed by atoms with van der Waals surface area (Å²) in [5.74, 6) is 1.58. The van der Waals surface area contributed by atoms with Crippen molar-refractivity contribution in [1.82, 2.24) is 4.90 Å². The van der Waals surface area contributed by atoms with Crippen LogP contribution < -0.4 is 9.47 Å². The summed E-state index contributed by atoms with van der Waals surface area (Å²) in [6, 6.07) is 7.80. The van der Waals surface area contributed by atoms with Crippen LogP contribution in [0.25, 0.3) is 0 Å². The first-order valence-electron chi connectivity index (χ1n) is 8.56. The molecule has 130 valence electrons. The highest BCUT2D eigenvalue weighted by Gasteiger charge is 2.10. The fourth-order valence-corrected chi connectivity index (χ4v) is 2.30. The fourth-order valence-electron chi connectivity index (χ4n) is 2.30. The Balaban J connectivity index is 1.62. The molecule has 1 fully saturated rings. The molecule has 1 aliphatic rings. The molecule has 0 bridgehead atoms. The molecule has 0 unspecified atom stereocenters. The maximum Gasteiger partial charge on any atom is 0.161 e. The predicted molar refractivity (Wildman–Crippen MR) is 90.4 cm³/mol. The maximum atomic E-state index is 5.87. The highest BCUT2D eigenvalue weighted by molar-refractivity contribution is 5.39. The van der Waals surface area contributed by atoms with Crippen molar-refractivity contribution in [3.63, 3.8) is 0 Å². The Bertz CT molecular complexity index is 435. The number of hydrogen-bond donors (Lipinski definition) is 0. The van der Waals surface area contributed by atoms with E-state index in [4.69, 9.17) is 18.9 Å². The van der Waals surface area contributed by atoms with Gasteiger partial charge in [0.05, 0.1) is 32.5 Å². The highest BCUT2D eigenvalue weighted by Crippen LogP contribution is 2.27. The number of hydrogen-bond acceptors (Lipinski definition) is 5. The summed E-state index contributed by atoms with van der Waals surface area (Å²) in [5, 5.41) is 0. The minimum Gasteiger partial charge on any atom is -0.487 e. The third-order valence-corrected chi connectivity index (χ3v) is 3.89. The van der Waals surface area contributed by atoms with Crippen LogP contribution in [-0.4, -0.2) is 63.7 Å². The van der Waals surface area contributed by atoms with Crippen LogP contribution in [0.4, 0.5) is 0 Å². The first kappa shape index (κ1) is 18.0. The van der Waals surface area contributed by atoms with Crippen molar-refractivity contribution in [3.8, 4) is 11.5 Å². The van der Waals surface area contributed by atoms with Gasteiger partial charge in [0.15, 0.2) is 11.5 Å². The Hall–Kier alpha value is -1.30. The second-order valence-corrected chi connectivity index (χ2v) is 5.70. The van der Waals surface area contributed by atoms with Crippen molar-refractivity contribution in [2.24, 2.45) is 0 Å². The number of morpholine rings is 1.